The Bertz CT molecular complexity index is 467. The van der Waals surface area contributed by atoms with Gasteiger partial charge in [-0.1, -0.05) is 45.3 Å². The first kappa shape index (κ1) is 17.4. The van der Waals surface area contributed by atoms with E-state index in [0.29, 0.717) is 18.1 Å². The number of thiocarbonyl (C=S) groups is 1. The highest BCUT2D eigenvalue weighted by atomic mass is 79.9. The molecule has 0 amide bonds. The Kier molecular flexibility index (Phi) is 7.45. The highest BCUT2D eigenvalue weighted by Gasteiger charge is 2.15. The van der Waals surface area contributed by atoms with Crippen LogP contribution >= 0.6 is 28.1 Å². The molecule has 0 spiro atoms. The van der Waals surface area contributed by atoms with Crippen LogP contribution in [0, 0.1) is 11.7 Å². The van der Waals surface area contributed by atoms with Crippen molar-refractivity contribution in [1.29, 1.82) is 0 Å². The molecule has 20 heavy (non-hydrogen) atoms. The van der Waals surface area contributed by atoms with Crippen LogP contribution in [0.2, 0.25) is 0 Å². The molecule has 0 aliphatic rings. The fourth-order valence-electron chi connectivity index (χ4n) is 1.94. The fourth-order valence-corrected chi connectivity index (χ4v) is 2.78. The van der Waals surface area contributed by atoms with Gasteiger partial charge in [-0.2, -0.15) is 0 Å². The van der Waals surface area contributed by atoms with Gasteiger partial charge >= 0.3 is 0 Å². The highest BCUT2D eigenvalue weighted by molar-refractivity contribution is 9.10. The van der Waals surface area contributed by atoms with Crippen LogP contribution in [0.1, 0.15) is 45.1 Å². The summed E-state index contributed by atoms with van der Waals surface area (Å²) in [6.45, 7) is 4.83. The predicted molar refractivity (Wildman–Crippen MR) is 88.8 cm³/mol. The largest absolute Gasteiger partial charge is 0.490 e. The minimum Gasteiger partial charge on any atom is -0.490 e. The Morgan fingerprint density at radius 1 is 1.45 bits per heavy atom. The summed E-state index contributed by atoms with van der Waals surface area (Å²) >= 11 is 8.04. The van der Waals surface area contributed by atoms with E-state index in [1.54, 1.807) is 12.1 Å². The molecule has 1 rings (SSSR count). The van der Waals surface area contributed by atoms with Crippen molar-refractivity contribution in [2.75, 3.05) is 6.61 Å². The van der Waals surface area contributed by atoms with E-state index in [0.717, 1.165) is 12.8 Å². The van der Waals surface area contributed by atoms with Gasteiger partial charge in [0.25, 0.3) is 0 Å². The summed E-state index contributed by atoms with van der Waals surface area (Å²) < 4.78 is 20.0. The van der Waals surface area contributed by atoms with Gasteiger partial charge in [-0.15, -0.1) is 0 Å². The molecule has 5 heteroatoms. The molecule has 2 N–H and O–H groups in total. The number of nitrogens with two attached hydrogens (primary N) is 1. The minimum absolute atomic E-state index is 0.164. The molecule has 0 heterocycles. The number of benzene rings is 1. The molecule has 1 atom stereocenters. The predicted octanol–water partition coefficient (Wildman–Crippen LogP) is 4.82. The van der Waals surface area contributed by atoms with E-state index in [1.165, 1.54) is 12.8 Å². The number of halogens is 2. The van der Waals surface area contributed by atoms with Crippen molar-refractivity contribution in [3.8, 4) is 5.75 Å². The van der Waals surface area contributed by atoms with Crippen LogP contribution in [0.4, 0.5) is 4.39 Å². The summed E-state index contributed by atoms with van der Waals surface area (Å²) in [5.74, 6) is 0.260. The van der Waals surface area contributed by atoms with Crippen LogP contribution in [0.5, 0.6) is 5.75 Å². The van der Waals surface area contributed by atoms with Gasteiger partial charge in [-0.25, -0.2) is 4.39 Å². The summed E-state index contributed by atoms with van der Waals surface area (Å²) in [7, 11) is 0. The van der Waals surface area contributed by atoms with Gasteiger partial charge in [0, 0.05) is 5.56 Å². The molecule has 0 aliphatic heterocycles. The molecule has 1 aromatic rings. The van der Waals surface area contributed by atoms with Gasteiger partial charge in [-0.05, 0) is 40.4 Å². The average molecular weight is 362 g/mol. The van der Waals surface area contributed by atoms with Gasteiger partial charge in [-0.3, -0.25) is 0 Å². The first-order chi connectivity index (χ1) is 9.51. The first-order valence-electron chi connectivity index (χ1n) is 6.91. The van der Waals surface area contributed by atoms with Crippen molar-refractivity contribution in [3.05, 3.63) is 28.0 Å². The lowest BCUT2D eigenvalue weighted by Gasteiger charge is -2.16. The number of unbranched alkanes of at least 4 members (excludes halogenated alkanes) is 1. The lowest BCUT2D eigenvalue weighted by molar-refractivity contribution is 0.224. The molecule has 1 unspecified atom stereocenters. The second kappa shape index (κ2) is 8.57. The molecule has 112 valence electrons. The van der Waals surface area contributed by atoms with Gasteiger partial charge in [0.15, 0.2) is 11.6 Å². The molecule has 0 bridgehead atoms. The minimum atomic E-state index is -0.444. The number of ether oxygens (including phenoxy) is 1. The summed E-state index contributed by atoms with van der Waals surface area (Å²) in [6.07, 6.45) is 4.49. The maximum atomic E-state index is 14.1. The van der Waals surface area contributed by atoms with Crippen molar-refractivity contribution >= 4 is 33.1 Å². The number of hydrogen-bond donors (Lipinski definition) is 1. The second-order valence-electron chi connectivity index (χ2n) is 4.83. The summed E-state index contributed by atoms with van der Waals surface area (Å²) in [6, 6.07) is 3.26. The molecule has 2 nitrogen and oxygen atoms in total. The van der Waals surface area contributed by atoms with Gasteiger partial charge in [0.2, 0.25) is 0 Å². The molecule has 0 saturated carbocycles. The molecule has 0 radical (unpaired) electrons. The lowest BCUT2D eigenvalue weighted by atomic mass is 10.0. The zero-order chi connectivity index (χ0) is 15.1. The van der Waals surface area contributed by atoms with Crippen LogP contribution in [-0.4, -0.2) is 11.6 Å². The normalized spacial score (nSPS) is 12.2. The molecule has 0 saturated heterocycles. The van der Waals surface area contributed by atoms with Crippen molar-refractivity contribution < 1.29 is 9.13 Å². The topological polar surface area (TPSA) is 35.2 Å². The maximum Gasteiger partial charge on any atom is 0.179 e. The zero-order valence-electron chi connectivity index (χ0n) is 11.9. The summed E-state index contributed by atoms with van der Waals surface area (Å²) in [5, 5.41) is 0. The maximum absolute atomic E-state index is 14.1. The van der Waals surface area contributed by atoms with Crippen LogP contribution in [0.3, 0.4) is 0 Å². The van der Waals surface area contributed by atoms with Gasteiger partial charge < -0.3 is 10.5 Å². The van der Waals surface area contributed by atoms with E-state index in [1.807, 2.05) is 0 Å². The Hall–Kier alpha value is -0.680. The molecule has 0 fully saturated rings. The molecule has 1 aromatic carbocycles. The summed E-state index contributed by atoms with van der Waals surface area (Å²) in [4.78, 5) is 0.164. The van der Waals surface area contributed by atoms with E-state index in [9.17, 15) is 4.39 Å². The molecule has 0 aromatic heterocycles. The number of hydrogen-bond acceptors (Lipinski definition) is 2. The monoisotopic (exact) mass is 361 g/mol. The number of rotatable bonds is 8. The van der Waals surface area contributed by atoms with Crippen LogP contribution in [-0.2, 0) is 0 Å². The zero-order valence-corrected chi connectivity index (χ0v) is 14.3. The van der Waals surface area contributed by atoms with E-state index in [2.05, 4.69) is 29.8 Å². The third kappa shape index (κ3) is 4.70. The quantitative estimate of drug-likeness (QED) is 0.674. The van der Waals surface area contributed by atoms with Crippen molar-refractivity contribution in [3.63, 3.8) is 0 Å². The Labute approximate surface area is 134 Å². The van der Waals surface area contributed by atoms with Crippen LogP contribution < -0.4 is 10.5 Å². The van der Waals surface area contributed by atoms with E-state index >= 15 is 0 Å². The van der Waals surface area contributed by atoms with Crippen molar-refractivity contribution in [1.82, 2.24) is 0 Å². The third-order valence-corrected chi connectivity index (χ3v) is 4.33. The third-order valence-electron chi connectivity index (χ3n) is 3.33. The van der Waals surface area contributed by atoms with E-state index in [-0.39, 0.29) is 15.2 Å². The Morgan fingerprint density at radius 2 is 2.15 bits per heavy atom. The average Bonchev–Trinajstić information content (AvgIpc) is 2.43. The van der Waals surface area contributed by atoms with Gasteiger partial charge in [0.05, 0.1) is 11.1 Å². The highest BCUT2D eigenvalue weighted by Crippen LogP contribution is 2.29. The van der Waals surface area contributed by atoms with Crippen LogP contribution in [0.15, 0.2) is 16.6 Å². The molecule has 0 aliphatic carbocycles. The second-order valence-corrected chi connectivity index (χ2v) is 6.06. The Morgan fingerprint density at radius 3 is 2.70 bits per heavy atom. The standard InChI is InChI=1S/C15H21BrFNOS/c1-3-5-6-10(4-2)9-19-12-8-7-11(15(18)20)13(16)14(12)17/h7-8,10H,3-6,9H2,1-2H3,(H2,18,20). The Balaban J connectivity index is 2.73. The lowest BCUT2D eigenvalue weighted by Crippen LogP contribution is -2.14. The fraction of sp³-hybridized carbons (Fsp3) is 0.533. The van der Waals surface area contributed by atoms with E-state index in [4.69, 9.17) is 22.7 Å². The molecular weight excluding hydrogens is 341 g/mol. The van der Waals surface area contributed by atoms with Crippen molar-refractivity contribution in [2.45, 2.75) is 39.5 Å². The first-order valence-corrected chi connectivity index (χ1v) is 8.11. The summed E-state index contributed by atoms with van der Waals surface area (Å²) in [5.41, 5.74) is 6.01. The van der Waals surface area contributed by atoms with Gasteiger partial charge in [0.1, 0.15) is 4.99 Å². The van der Waals surface area contributed by atoms with Crippen LogP contribution in [0.25, 0.3) is 0 Å². The van der Waals surface area contributed by atoms with Crippen molar-refractivity contribution in [2.24, 2.45) is 11.7 Å². The SMILES string of the molecule is CCCCC(CC)COc1ccc(C(N)=S)c(Br)c1F. The molecular formula is C15H21BrFNOS. The van der Waals surface area contributed by atoms with E-state index < -0.39 is 5.82 Å². The smallest absolute Gasteiger partial charge is 0.179 e.